The minimum atomic E-state index is 0.156. The van der Waals surface area contributed by atoms with Crippen LogP contribution in [0, 0.1) is 11.8 Å². The van der Waals surface area contributed by atoms with Crippen molar-refractivity contribution in [2.75, 3.05) is 18.4 Å². The van der Waals surface area contributed by atoms with Crippen LogP contribution in [0.1, 0.15) is 44.7 Å². The van der Waals surface area contributed by atoms with Gasteiger partial charge in [0.15, 0.2) is 5.13 Å². The van der Waals surface area contributed by atoms with E-state index in [-0.39, 0.29) is 11.8 Å². The third kappa shape index (κ3) is 3.38. The number of hydrogen-bond donors (Lipinski definition) is 1. The molecule has 1 saturated heterocycles. The van der Waals surface area contributed by atoms with Gasteiger partial charge in [0, 0.05) is 24.4 Å². The lowest BCUT2D eigenvalue weighted by molar-refractivity contribution is -0.122. The van der Waals surface area contributed by atoms with Crippen LogP contribution in [0.15, 0.2) is 5.38 Å². The van der Waals surface area contributed by atoms with Gasteiger partial charge in [-0.2, -0.15) is 0 Å². The Labute approximate surface area is 124 Å². The average molecular weight is 293 g/mol. The fourth-order valence-electron chi connectivity index (χ4n) is 2.97. The van der Waals surface area contributed by atoms with Crippen molar-refractivity contribution in [2.24, 2.45) is 11.8 Å². The molecule has 0 spiro atoms. The fraction of sp³-hybridized carbons (Fsp3) is 0.733. The molecule has 2 aliphatic rings. The summed E-state index contributed by atoms with van der Waals surface area (Å²) in [7, 11) is 0. The first kappa shape index (κ1) is 14.0. The van der Waals surface area contributed by atoms with Gasteiger partial charge in [0.25, 0.3) is 0 Å². The molecule has 1 aliphatic carbocycles. The Hall–Kier alpha value is -0.940. The normalized spacial score (nSPS) is 24.4. The summed E-state index contributed by atoms with van der Waals surface area (Å²) in [4.78, 5) is 18.9. The summed E-state index contributed by atoms with van der Waals surface area (Å²) < 4.78 is 0. The molecule has 0 bridgehead atoms. The molecule has 1 atom stereocenters. The first-order valence-electron chi connectivity index (χ1n) is 7.68. The lowest BCUT2D eigenvalue weighted by Gasteiger charge is -2.30. The molecule has 1 saturated carbocycles. The monoisotopic (exact) mass is 293 g/mol. The summed E-state index contributed by atoms with van der Waals surface area (Å²) in [6.45, 7) is 5.57. The Morgan fingerprint density at radius 2 is 2.30 bits per heavy atom. The van der Waals surface area contributed by atoms with Crippen molar-refractivity contribution >= 4 is 22.4 Å². The van der Waals surface area contributed by atoms with Crippen molar-refractivity contribution in [1.82, 2.24) is 9.88 Å². The van der Waals surface area contributed by atoms with Crippen LogP contribution in [0.25, 0.3) is 0 Å². The van der Waals surface area contributed by atoms with Crippen molar-refractivity contribution in [2.45, 2.75) is 45.6 Å². The van der Waals surface area contributed by atoms with Crippen molar-refractivity contribution in [3.05, 3.63) is 11.1 Å². The molecule has 1 aromatic heterocycles. The predicted molar refractivity (Wildman–Crippen MR) is 81.8 cm³/mol. The highest BCUT2D eigenvalue weighted by Crippen LogP contribution is 2.28. The number of rotatable bonds is 4. The lowest BCUT2D eigenvalue weighted by Crippen LogP contribution is -2.33. The molecule has 2 fully saturated rings. The van der Waals surface area contributed by atoms with Crippen LogP contribution < -0.4 is 5.32 Å². The van der Waals surface area contributed by atoms with Gasteiger partial charge in [-0.25, -0.2) is 4.98 Å². The van der Waals surface area contributed by atoms with E-state index in [1.165, 1.54) is 32.4 Å². The van der Waals surface area contributed by atoms with Gasteiger partial charge < -0.3 is 5.32 Å². The van der Waals surface area contributed by atoms with Gasteiger partial charge in [-0.1, -0.05) is 13.3 Å². The number of anilines is 1. The van der Waals surface area contributed by atoms with E-state index in [0.717, 1.165) is 36.1 Å². The third-order valence-electron chi connectivity index (χ3n) is 4.38. The lowest BCUT2D eigenvalue weighted by atomic mass is 9.85. The van der Waals surface area contributed by atoms with Gasteiger partial charge in [0.05, 0.1) is 5.69 Å². The van der Waals surface area contributed by atoms with E-state index in [1.54, 1.807) is 11.3 Å². The minimum absolute atomic E-state index is 0.156. The molecule has 1 amide bonds. The molecular formula is C15H23N3OS. The Morgan fingerprint density at radius 3 is 3.00 bits per heavy atom. The summed E-state index contributed by atoms with van der Waals surface area (Å²) >= 11 is 1.55. The molecule has 5 heteroatoms. The van der Waals surface area contributed by atoms with E-state index in [4.69, 9.17) is 0 Å². The Balaban J connectivity index is 1.52. The van der Waals surface area contributed by atoms with Gasteiger partial charge in [0.1, 0.15) is 0 Å². The second kappa shape index (κ2) is 6.22. The van der Waals surface area contributed by atoms with Gasteiger partial charge in [-0.3, -0.25) is 9.69 Å². The first-order chi connectivity index (χ1) is 9.70. The summed E-state index contributed by atoms with van der Waals surface area (Å²) in [5.41, 5.74) is 1.09. The highest BCUT2D eigenvalue weighted by atomic mass is 32.1. The minimum Gasteiger partial charge on any atom is -0.302 e. The molecule has 1 unspecified atom stereocenters. The number of likely N-dealkylation sites (tertiary alicyclic amines) is 1. The zero-order valence-electron chi connectivity index (χ0n) is 12.1. The maximum absolute atomic E-state index is 11.9. The SMILES string of the molecule is CC1CCCN(Cc2csc(NC(=O)C3CCC3)n2)C1. The third-order valence-corrected chi connectivity index (χ3v) is 5.19. The van der Waals surface area contributed by atoms with Crippen LogP contribution in [-0.4, -0.2) is 28.9 Å². The number of aromatic nitrogens is 1. The highest BCUT2D eigenvalue weighted by Gasteiger charge is 2.26. The molecule has 20 heavy (non-hydrogen) atoms. The Kier molecular flexibility index (Phi) is 4.36. The van der Waals surface area contributed by atoms with E-state index < -0.39 is 0 Å². The average Bonchev–Trinajstić information content (AvgIpc) is 2.74. The second-order valence-electron chi connectivity index (χ2n) is 6.24. The van der Waals surface area contributed by atoms with E-state index >= 15 is 0 Å². The van der Waals surface area contributed by atoms with Crippen molar-refractivity contribution in [3.63, 3.8) is 0 Å². The molecule has 2 heterocycles. The first-order valence-corrected chi connectivity index (χ1v) is 8.56. The van der Waals surface area contributed by atoms with Crippen molar-refractivity contribution < 1.29 is 4.79 Å². The van der Waals surface area contributed by atoms with Crippen LogP contribution in [0.4, 0.5) is 5.13 Å². The largest absolute Gasteiger partial charge is 0.302 e. The number of thiazole rings is 1. The van der Waals surface area contributed by atoms with Crippen molar-refractivity contribution in [1.29, 1.82) is 0 Å². The van der Waals surface area contributed by atoms with Crippen LogP contribution in [0.3, 0.4) is 0 Å². The Morgan fingerprint density at radius 1 is 1.45 bits per heavy atom. The summed E-state index contributed by atoms with van der Waals surface area (Å²) in [5.74, 6) is 1.18. The maximum atomic E-state index is 11.9. The van der Waals surface area contributed by atoms with Crippen LogP contribution in [0.5, 0.6) is 0 Å². The molecule has 3 rings (SSSR count). The van der Waals surface area contributed by atoms with E-state index in [1.807, 2.05) is 0 Å². The molecule has 4 nitrogen and oxygen atoms in total. The topological polar surface area (TPSA) is 45.2 Å². The summed E-state index contributed by atoms with van der Waals surface area (Å²) in [6.07, 6.45) is 5.90. The van der Waals surface area contributed by atoms with Crippen LogP contribution in [0.2, 0.25) is 0 Å². The zero-order chi connectivity index (χ0) is 13.9. The zero-order valence-corrected chi connectivity index (χ0v) is 12.9. The van der Waals surface area contributed by atoms with E-state index in [0.29, 0.717) is 0 Å². The molecule has 0 aromatic carbocycles. The van der Waals surface area contributed by atoms with Crippen LogP contribution >= 0.6 is 11.3 Å². The van der Waals surface area contributed by atoms with E-state index in [9.17, 15) is 4.79 Å². The number of nitrogens with zero attached hydrogens (tertiary/aromatic N) is 2. The van der Waals surface area contributed by atoms with Gasteiger partial charge in [-0.05, 0) is 38.1 Å². The molecule has 0 radical (unpaired) electrons. The number of amides is 1. The predicted octanol–water partition coefficient (Wildman–Crippen LogP) is 3.11. The second-order valence-corrected chi connectivity index (χ2v) is 7.10. The smallest absolute Gasteiger partial charge is 0.229 e. The quantitative estimate of drug-likeness (QED) is 0.927. The standard InChI is InChI=1S/C15H23N3OS/c1-11-4-3-7-18(8-11)9-13-10-20-15(16-13)17-14(19)12-5-2-6-12/h10-12H,2-9H2,1H3,(H,16,17,19). The summed E-state index contributed by atoms with van der Waals surface area (Å²) in [5, 5.41) is 5.80. The summed E-state index contributed by atoms with van der Waals surface area (Å²) in [6, 6.07) is 0. The number of hydrogen-bond acceptors (Lipinski definition) is 4. The number of piperidine rings is 1. The number of carbonyl (C=O) groups is 1. The van der Waals surface area contributed by atoms with Gasteiger partial charge >= 0.3 is 0 Å². The van der Waals surface area contributed by atoms with Gasteiger partial charge in [0.2, 0.25) is 5.91 Å². The fourth-order valence-corrected chi connectivity index (χ4v) is 3.68. The van der Waals surface area contributed by atoms with Crippen LogP contribution in [-0.2, 0) is 11.3 Å². The van der Waals surface area contributed by atoms with Gasteiger partial charge in [-0.15, -0.1) is 11.3 Å². The molecule has 1 N–H and O–H groups in total. The molecular weight excluding hydrogens is 270 g/mol. The van der Waals surface area contributed by atoms with Crippen molar-refractivity contribution in [3.8, 4) is 0 Å². The molecule has 1 aliphatic heterocycles. The Bertz CT molecular complexity index is 469. The molecule has 1 aromatic rings. The number of nitrogens with one attached hydrogen (secondary N) is 1. The number of carbonyl (C=O) groups excluding carboxylic acids is 1. The highest BCUT2D eigenvalue weighted by molar-refractivity contribution is 7.13. The van der Waals surface area contributed by atoms with E-state index in [2.05, 4.69) is 27.5 Å². The molecule has 110 valence electrons. The maximum Gasteiger partial charge on any atom is 0.229 e.